The fourth-order valence-corrected chi connectivity index (χ4v) is 3.51. The maximum atomic E-state index is 12.3. The van der Waals surface area contributed by atoms with Crippen LogP contribution in [0.15, 0.2) is 29.7 Å². The molecule has 1 saturated heterocycles. The van der Waals surface area contributed by atoms with Crippen molar-refractivity contribution in [3.63, 3.8) is 0 Å². The van der Waals surface area contributed by atoms with Crippen LogP contribution in [0.2, 0.25) is 0 Å². The highest BCUT2D eigenvalue weighted by molar-refractivity contribution is 7.09. The van der Waals surface area contributed by atoms with Gasteiger partial charge in [-0.05, 0) is 44.0 Å². The smallest absolute Gasteiger partial charge is 0.246 e. The molecule has 2 aromatic rings. The van der Waals surface area contributed by atoms with Crippen LogP contribution in [0.5, 0.6) is 5.75 Å². The number of likely N-dealkylation sites (tertiary alicyclic amines) is 1. The van der Waals surface area contributed by atoms with Gasteiger partial charge in [0.25, 0.3) is 0 Å². The molecule has 25 heavy (non-hydrogen) atoms. The van der Waals surface area contributed by atoms with Crippen molar-refractivity contribution in [2.75, 3.05) is 13.1 Å². The predicted octanol–water partition coefficient (Wildman–Crippen LogP) is 4.15. The summed E-state index contributed by atoms with van der Waals surface area (Å²) in [5.74, 6) is 1.01. The molecule has 0 aliphatic carbocycles. The molecule has 1 fully saturated rings. The molecular formula is C20H24N2O2S. The van der Waals surface area contributed by atoms with E-state index in [1.165, 1.54) is 5.56 Å². The first-order valence-electron chi connectivity index (χ1n) is 8.64. The van der Waals surface area contributed by atoms with E-state index in [1.54, 1.807) is 23.5 Å². The number of rotatable bonds is 4. The molecule has 1 aliphatic rings. The van der Waals surface area contributed by atoms with Gasteiger partial charge in [0.05, 0.1) is 10.7 Å². The first-order chi connectivity index (χ1) is 12.0. The number of hydrogen-bond donors (Lipinski definition) is 0. The summed E-state index contributed by atoms with van der Waals surface area (Å²) in [5, 5.41) is 2.97. The lowest BCUT2D eigenvalue weighted by molar-refractivity contribution is -0.127. The molecule has 0 unspecified atom stereocenters. The van der Waals surface area contributed by atoms with Gasteiger partial charge in [0.1, 0.15) is 11.9 Å². The molecule has 3 rings (SSSR count). The third kappa shape index (κ3) is 4.69. The number of amides is 1. The summed E-state index contributed by atoms with van der Waals surface area (Å²) in [6.07, 6.45) is 5.32. The van der Waals surface area contributed by atoms with Gasteiger partial charge in [0.2, 0.25) is 5.91 Å². The highest BCUT2D eigenvalue weighted by atomic mass is 32.1. The standard InChI is InChI=1S/C20H24N2O2S/c1-14-4-5-15(2)19(12-14)24-18-8-10-22(11-9-18)20(23)7-6-17-13-25-16(3)21-17/h4-7,12-13,18H,8-11H2,1-3H3/b7-6+. The van der Waals surface area contributed by atoms with Crippen molar-refractivity contribution in [3.8, 4) is 5.75 Å². The first kappa shape index (κ1) is 17.7. The second-order valence-corrected chi connectivity index (χ2v) is 7.60. The normalized spacial score (nSPS) is 15.7. The van der Waals surface area contributed by atoms with Crippen LogP contribution in [0.25, 0.3) is 6.08 Å². The van der Waals surface area contributed by atoms with Crippen molar-refractivity contribution in [2.24, 2.45) is 0 Å². The van der Waals surface area contributed by atoms with Crippen LogP contribution in [0.1, 0.15) is 34.7 Å². The number of aryl methyl sites for hydroxylation is 3. The van der Waals surface area contributed by atoms with E-state index in [9.17, 15) is 4.79 Å². The van der Waals surface area contributed by atoms with Crippen LogP contribution in [-0.2, 0) is 4.79 Å². The average Bonchev–Trinajstić information content (AvgIpc) is 3.02. The highest BCUT2D eigenvalue weighted by Gasteiger charge is 2.23. The zero-order valence-electron chi connectivity index (χ0n) is 15.0. The Labute approximate surface area is 153 Å². The number of aromatic nitrogens is 1. The van der Waals surface area contributed by atoms with E-state index in [-0.39, 0.29) is 12.0 Å². The summed E-state index contributed by atoms with van der Waals surface area (Å²) in [6.45, 7) is 7.57. The molecule has 1 aliphatic heterocycles. The quantitative estimate of drug-likeness (QED) is 0.773. The van der Waals surface area contributed by atoms with Crippen molar-refractivity contribution in [3.05, 3.63) is 51.5 Å². The second kappa shape index (κ2) is 7.83. The lowest BCUT2D eigenvalue weighted by Crippen LogP contribution is -2.41. The summed E-state index contributed by atoms with van der Waals surface area (Å²) < 4.78 is 6.16. The molecule has 0 atom stereocenters. The van der Waals surface area contributed by atoms with E-state index in [4.69, 9.17) is 4.74 Å². The van der Waals surface area contributed by atoms with Gasteiger partial charge in [-0.1, -0.05) is 12.1 Å². The maximum Gasteiger partial charge on any atom is 0.246 e. The minimum atomic E-state index is 0.0517. The molecule has 5 heteroatoms. The highest BCUT2D eigenvalue weighted by Crippen LogP contribution is 2.24. The Bertz CT molecular complexity index is 774. The van der Waals surface area contributed by atoms with Crippen LogP contribution >= 0.6 is 11.3 Å². The zero-order chi connectivity index (χ0) is 17.8. The van der Waals surface area contributed by atoms with E-state index in [0.717, 1.165) is 47.9 Å². The van der Waals surface area contributed by atoms with Gasteiger partial charge < -0.3 is 9.64 Å². The Morgan fingerprint density at radius 3 is 2.72 bits per heavy atom. The summed E-state index contributed by atoms with van der Waals surface area (Å²) in [4.78, 5) is 18.5. The number of carbonyl (C=O) groups excluding carboxylic acids is 1. The van der Waals surface area contributed by atoms with Crippen LogP contribution < -0.4 is 4.74 Å². The molecule has 1 aromatic heterocycles. The number of thiazole rings is 1. The van der Waals surface area contributed by atoms with E-state index < -0.39 is 0 Å². The topological polar surface area (TPSA) is 42.4 Å². The van der Waals surface area contributed by atoms with E-state index in [2.05, 4.69) is 37.0 Å². The van der Waals surface area contributed by atoms with Crippen molar-refractivity contribution in [1.82, 2.24) is 9.88 Å². The van der Waals surface area contributed by atoms with Crippen LogP contribution in [0.3, 0.4) is 0 Å². The van der Waals surface area contributed by atoms with Crippen molar-refractivity contribution in [1.29, 1.82) is 0 Å². The lowest BCUT2D eigenvalue weighted by atomic mass is 10.1. The Morgan fingerprint density at radius 1 is 1.28 bits per heavy atom. The van der Waals surface area contributed by atoms with Gasteiger partial charge in [-0.25, -0.2) is 4.98 Å². The van der Waals surface area contributed by atoms with Crippen molar-refractivity contribution in [2.45, 2.75) is 39.7 Å². The molecule has 0 bridgehead atoms. The van der Waals surface area contributed by atoms with Crippen LogP contribution in [0, 0.1) is 20.8 Å². The number of piperidine rings is 1. The number of benzene rings is 1. The maximum absolute atomic E-state index is 12.3. The lowest BCUT2D eigenvalue weighted by Gasteiger charge is -2.32. The van der Waals surface area contributed by atoms with Gasteiger partial charge in [-0.2, -0.15) is 0 Å². The Morgan fingerprint density at radius 2 is 2.04 bits per heavy atom. The second-order valence-electron chi connectivity index (χ2n) is 6.54. The number of nitrogens with zero attached hydrogens (tertiary/aromatic N) is 2. The summed E-state index contributed by atoms with van der Waals surface area (Å²) in [7, 11) is 0. The molecule has 0 N–H and O–H groups in total. The largest absolute Gasteiger partial charge is 0.490 e. The zero-order valence-corrected chi connectivity index (χ0v) is 15.8. The first-order valence-corrected chi connectivity index (χ1v) is 9.52. The van der Waals surface area contributed by atoms with Gasteiger partial charge in [-0.15, -0.1) is 11.3 Å². The molecule has 1 aromatic carbocycles. The predicted molar refractivity (Wildman–Crippen MR) is 102 cm³/mol. The average molecular weight is 356 g/mol. The summed E-state index contributed by atoms with van der Waals surface area (Å²) >= 11 is 1.59. The monoisotopic (exact) mass is 356 g/mol. The fraction of sp³-hybridized carbons (Fsp3) is 0.400. The van der Waals surface area contributed by atoms with Crippen LogP contribution in [-0.4, -0.2) is 35.0 Å². The number of carbonyl (C=O) groups is 1. The molecule has 0 saturated carbocycles. The number of ether oxygens (including phenoxy) is 1. The molecule has 132 valence electrons. The molecule has 4 nitrogen and oxygen atoms in total. The Hall–Kier alpha value is -2.14. The molecule has 0 radical (unpaired) electrons. The molecule has 1 amide bonds. The van der Waals surface area contributed by atoms with E-state index in [0.29, 0.717) is 0 Å². The SMILES string of the molecule is Cc1ccc(C)c(OC2CCN(C(=O)/C=C/c3csc(C)n3)CC2)c1. The van der Waals surface area contributed by atoms with Crippen LogP contribution in [0.4, 0.5) is 0 Å². The summed E-state index contributed by atoms with van der Waals surface area (Å²) in [6, 6.07) is 6.28. The van der Waals surface area contributed by atoms with Gasteiger partial charge in [0, 0.05) is 37.4 Å². The minimum absolute atomic E-state index is 0.0517. The minimum Gasteiger partial charge on any atom is -0.490 e. The van der Waals surface area contributed by atoms with E-state index >= 15 is 0 Å². The third-order valence-corrected chi connectivity index (χ3v) is 5.22. The van der Waals surface area contributed by atoms with E-state index in [1.807, 2.05) is 17.2 Å². The van der Waals surface area contributed by atoms with Crippen molar-refractivity contribution < 1.29 is 9.53 Å². The summed E-state index contributed by atoms with van der Waals surface area (Å²) in [5.41, 5.74) is 3.21. The van der Waals surface area contributed by atoms with Gasteiger partial charge in [-0.3, -0.25) is 4.79 Å². The molecular weight excluding hydrogens is 332 g/mol. The van der Waals surface area contributed by atoms with Crippen molar-refractivity contribution >= 4 is 23.3 Å². The Balaban J connectivity index is 1.52. The Kier molecular flexibility index (Phi) is 5.53. The van der Waals surface area contributed by atoms with Gasteiger partial charge >= 0.3 is 0 Å². The van der Waals surface area contributed by atoms with Gasteiger partial charge in [0.15, 0.2) is 0 Å². The molecule has 2 heterocycles. The molecule has 0 spiro atoms. The number of hydrogen-bond acceptors (Lipinski definition) is 4. The fourth-order valence-electron chi connectivity index (χ4n) is 2.93. The third-order valence-electron chi connectivity index (χ3n) is 4.42.